The highest BCUT2D eigenvalue weighted by Gasteiger charge is 2.29. The maximum absolute atomic E-state index is 8.49. The average Bonchev–Trinajstić information content (AvgIpc) is 3.97. The number of benzene rings is 6. The monoisotopic (exact) mass is 829 g/mol. The zero-order chi connectivity index (χ0) is 42.3. The quantitative estimate of drug-likeness (QED) is 0.128. The number of aromatic nitrogens is 1. The van der Waals surface area contributed by atoms with Gasteiger partial charge in [0.15, 0.2) is 5.75 Å². The number of hydrogen-bond donors (Lipinski definition) is 0. The molecule has 2 heterocycles. The van der Waals surface area contributed by atoms with Crippen molar-refractivity contribution in [2.24, 2.45) is 0 Å². The fourth-order valence-electron chi connectivity index (χ4n) is 7.95. The third kappa shape index (κ3) is 9.37. The molecule has 0 radical (unpaired) electrons. The van der Waals surface area contributed by atoms with E-state index < -0.39 is 10.2 Å². The van der Waals surface area contributed by atoms with E-state index in [0.717, 1.165) is 71.6 Å². The summed E-state index contributed by atoms with van der Waals surface area (Å²) in [6, 6.07) is 55.3. The predicted molar refractivity (Wildman–Crippen MR) is 230 cm³/mol. The number of anilines is 3. The molecular weight excluding hydrogens is 786 g/mol. The molecule has 0 fully saturated rings. The Morgan fingerprint density at radius 1 is 0.639 bits per heavy atom. The topological polar surface area (TPSA) is 125 Å². The Hall–Kier alpha value is -6.72. The van der Waals surface area contributed by atoms with Gasteiger partial charge in [0.05, 0.1) is 17.5 Å². The van der Waals surface area contributed by atoms with E-state index in [-0.39, 0.29) is 0 Å². The predicted octanol–water partition coefficient (Wildman–Crippen LogP) is 7.90. The van der Waals surface area contributed by atoms with Crippen molar-refractivity contribution >= 4 is 34.2 Å². The molecular formula is C51H44ClN3O6. The average molecular weight is 830 g/mol. The van der Waals surface area contributed by atoms with E-state index in [1.807, 2.05) is 0 Å². The Morgan fingerprint density at radius 2 is 1.20 bits per heavy atom. The fourth-order valence-corrected chi connectivity index (χ4v) is 7.95. The zero-order valence-corrected chi connectivity index (χ0v) is 34.6. The highest BCUT2D eigenvalue weighted by molar-refractivity contribution is 5.80. The van der Waals surface area contributed by atoms with Crippen LogP contribution >= 0.6 is 0 Å². The van der Waals surface area contributed by atoms with Gasteiger partial charge in [0.25, 0.3) is 5.52 Å². The van der Waals surface area contributed by atoms with Gasteiger partial charge in [0.1, 0.15) is 6.54 Å². The maximum Gasteiger partial charge on any atom is 0.374 e. The van der Waals surface area contributed by atoms with Crippen LogP contribution in [0.3, 0.4) is 0 Å². The standard InChI is InChI=1S/C51H44N3O2.ClHO4/c1-3-52-45-35-41(37-17-9-5-10-18-37)27-31-47(45)55-49(52)33-29-39-25-26-40(51(39)54(43-21-13-7-14-22-43)44-23-15-8-16-24-44)30-34-50-53(4-2)46-36-42(28-32-48(46)56-50)38-19-11-6-12-20-38;2-1(3,4)5/h5-24,27-36H,3-4,25-26H2,1-2H3;(H,2,3,4,5)/q+1;/p-1. The molecule has 0 atom stereocenters. The van der Waals surface area contributed by atoms with Crippen molar-refractivity contribution in [2.75, 3.05) is 16.3 Å². The first-order valence-electron chi connectivity index (χ1n) is 20.2. The van der Waals surface area contributed by atoms with Crippen LogP contribution in [0.2, 0.25) is 0 Å². The molecule has 2 aliphatic rings. The van der Waals surface area contributed by atoms with E-state index in [2.05, 4.69) is 210 Å². The minimum Gasteiger partial charge on any atom is -0.439 e. The van der Waals surface area contributed by atoms with Gasteiger partial charge in [-0.05, 0) is 115 Å². The SMILES string of the molecule is CCN1C(=CC=C2CCC(C=Cc3oc4ccc(-c5ccccc5)cc4[n+]3CC)=C2N(c2ccccc2)c2ccccc2)Oc2ccc(-c3ccccc3)cc21.[O-][Cl+3]([O-])([O-])[O-]. The van der Waals surface area contributed by atoms with Gasteiger partial charge in [-0.15, -0.1) is 10.2 Å². The molecule has 0 spiro atoms. The van der Waals surface area contributed by atoms with Crippen molar-refractivity contribution in [2.45, 2.75) is 33.2 Å². The Balaban J connectivity index is 0.000000973. The molecule has 0 saturated carbocycles. The molecule has 7 aromatic rings. The Labute approximate surface area is 357 Å². The summed E-state index contributed by atoms with van der Waals surface area (Å²) in [6.07, 6.45) is 10.6. The van der Waals surface area contributed by atoms with E-state index in [1.54, 1.807) is 0 Å². The number of oxazole rings is 1. The number of rotatable bonds is 10. The van der Waals surface area contributed by atoms with Crippen LogP contribution in [0.4, 0.5) is 17.1 Å². The summed E-state index contributed by atoms with van der Waals surface area (Å²) in [7, 11) is -4.94. The minimum absolute atomic E-state index is 0.791. The molecule has 1 aromatic heterocycles. The number of nitrogens with zero attached hydrogens (tertiary/aromatic N) is 3. The second-order valence-corrected chi connectivity index (χ2v) is 15.2. The number of ether oxygens (including phenoxy) is 1. The third-order valence-corrected chi connectivity index (χ3v) is 10.7. The van der Waals surface area contributed by atoms with E-state index in [0.29, 0.717) is 0 Å². The van der Waals surface area contributed by atoms with Gasteiger partial charge in [-0.3, -0.25) is 0 Å². The second kappa shape index (κ2) is 18.3. The Bertz CT molecular complexity index is 2700. The van der Waals surface area contributed by atoms with Crippen molar-refractivity contribution in [3.05, 3.63) is 205 Å². The van der Waals surface area contributed by atoms with Crippen LogP contribution in [0.25, 0.3) is 39.4 Å². The number of para-hydroxylation sites is 2. The molecule has 306 valence electrons. The lowest BCUT2D eigenvalue weighted by atomic mass is 10.0. The fraction of sp³-hybridized carbons (Fsp3) is 0.118. The molecule has 0 bridgehead atoms. The maximum atomic E-state index is 8.49. The lowest BCUT2D eigenvalue weighted by Crippen LogP contribution is -2.68. The number of halogens is 1. The van der Waals surface area contributed by atoms with Crippen molar-refractivity contribution in [1.82, 2.24) is 0 Å². The number of fused-ring (bicyclic) bond motifs is 2. The highest BCUT2D eigenvalue weighted by Crippen LogP contribution is 2.44. The van der Waals surface area contributed by atoms with E-state index in [4.69, 9.17) is 27.8 Å². The van der Waals surface area contributed by atoms with Crippen LogP contribution in [0, 0.1) is 10.2 Å². The number of allylic oxidation sites excluding steroid dienone is 5. The van der Waals surface area contributed by atoms with Gasteiger partial charge in [0.2, 0.25) is 11.5 Å². The van der Waals surface area contributed by atoms with E-state index >= 15 is 0 Å². The van der Waals surface area contributed by atoms with Gasteiger partial charge in [-0.25, -0.2) is 18.6 Å². The molecule has 10 heteroatoms. The summed E-state index contributed by atoms with van der Waals surface area (Å²) in [4.78, 5) is 4.65. The summed E-state index contributed by atoms with van der Waals surface area (Å²) in [5.74, 6) is 2.54. The van der Waals surface area contributed by atoms with Gasteiger partial charge < -0.3 is 19.0 Å². The Kier molecular flexibility index (Phi) is 12.3. The summed E-state index contributed by atoms with van der Waals surface area (Å²) in [6.45, 7) is 5.93. The van der Waals surface area contributed by atoms with Crippen molar-refractivity contribution in [1.29, 1.82) is 0 Å². The first kappa shape index (κ1) is 41.0. The van der Waals surface area contributed by atoms with Crippen LogP contribution in [0.1, 0.15) is 32.6 Å². The molecule has 9 rings (SSSR count). The summed E-state index contributed by atoms with van der Waals surface area (Å²) >= 11 is 0. The van der Waals surface area contributed by atoms with Crippen LogP contribution in [0.15, 0.2) is 203 Å². The number of aryl methyl sites for hydroxylation is 1. The summed E-state index contributed by atoms with van der Waals surface area (Å²) < 4.78 is 49.3. The van der Waals surface area contributed by atoms with Gasteiger partial charge in [-0.1, -0.05) is 115 Å². The molecule has 9 nitrogen and oxygen atoms in total. The van der Waals surface area contributed by atoms with Crippen LogP contribution in [0.5, 0.6) is 5.75 Å². The normalized spacial score (nSPS) is 15.1. The minimum atomic E-state index is -4.94. The van der Waals surface area contributed by atoms with Gasteiger partial charge in [-0.2, -0.15) is 4.57 Å². The molecule has 61 heavy (non-hydrogen) atoms. The molecule has 0 amide bonds. The molecule has 0 N–H and O–H groups in total. The van der Waals surface area contributed by atoms with Gasteiger partial charge in [0, 0.05) is 24.0 Å². The van der Waals surface area contributed by atoms with Crippen LogP contribution < -0.4 is 37.7 Å². The molecule has 6 aromatic carbocycles. The molecule has 1 aliphatic heterocycles. The van der Waals surface area contributed by atoms with E-state index in [9.17, 15) is 0 Å². The lowest BCUT2D eigenvalue weighted by Gasteiger charge is -2.28. The van der Waals surface area contributed by atoms with Crippen molar-refractivity contribution in [3.63, 3.8) is 0 Å². The lowest BCUT2D eigenvalue weighted by molar-refractivity contribution is -2.00. The Morgan fingerprint density at radius 3 is 1.77 bits per heavy atom. The third-order valence-electron chi connectivity index (χ3n) is 10.7. The van der Waals surface area contributed by atoms with Crippen LogP contribution in [-0.4, -0.2) is 6.54 Å². The largest absolute Gasteiger partial charge is 0.439 e. The summed E-state index contributed by atoms with van der Waals surface area (Å²) in [5.41, 5.74) is 13.7. The first-order valence-corrected chi connectivity index (χ1v) is 21.4. The highest BCUT2D eigenvalue weighted by atomic mass is 35.7. The van der Waals surface area contributed by atoms with E-state index in [1.165, 1.54) is 39.1 Å². The molecule has 0 unspecified atom stereocenters. The first-order chi connectivity index (χ1) is 29.7. The van der Waals surface area contributed by atoms with Crippen molar-refractivity contribution in [3.8, 4) is 28.0 Å². The smallest absolute Gasteiger partial charge is 0.374 e. The molecule has 0 saturated heterocycles. The second-order valence-electron chi connectivity index (χ2n) is 14.4. The van der Waals surface area contributed by atoms with Crippen LogP contribution in [-0.2, 0) is 6.54 Å². The van der Waals surface area contributed by atoms with Crippen molar-refractivity contribution < 1.29 is 42.6 Å². The van der Waals surface area contributed by atoms with Gasteiger partial charge >= 0.3 is 5.89 Å². The molecule has 1 aliphatic carbocycles. The number of hydrogen-bond acceptors (Lipinski definition) is 8. The zero-order valence-electron chi connectivity index (χ0n) is 33.8. The summed E-state index contributed by atoms with van der Waals surface area (Å²) in [5, 5.41) is 0.